The molecule has 0 fully saturated rings. The smallest absolute Gasteiger partial charge is 0.389 e. The number of aryl methyl sites for hydroxylation is 1. The lowest BCUT2D eigenvalue weighted by molar-refractivity contribution is -0.135. The van der Waals surface area contributed by atoms with Gasteiger partial charge in [0.25, 0.3) is 0 Å². The Balaban J connectivity index is 1.74. The molecule has 0 radical (unpaired) electrons. The van der Waals surface area contributed by atoms with Gasteiger partial charge < -0.3 is 11.1 Å². The fraction of sp³-hybridized carbons (Fsp3) is 0.571. The molecule has 19 heavy (non-hydrogen) atoms. The minimum absolute atomic E-state index is 0.192. The van der Waals surface area contributed by atoms with Crippen LogP contribution in [0.25, 0.3) is 0 Å². The highest BCUT2D eigenvalue weighted by Crippen LogP contribution is 2.32. The third-order valence-electron chi connectivity index (χ3n) is 3.52. The topological polar surface area (TPSA) is 38.0 Å². The third-order valence-corrected chi connectivity index (χ3v) is 3.52. The normalized spacial score (nSPS) is 18.6. The first-order chi connectivity index (χ1) is 8.96. The first kappa shape index (κ1) is 14.2. The van der Waals surface area contributed by atoms with E-state index in [-0.39, 0.29) is 12.5 Å². The van der Waals surface area contributed by atoms with E-state index in [0.717, 1.165) is 18.5 Å². The van der Waals surface area contributed by atoms with E-state index in [2.05, 4.69) is 5.32 Å². The first-order valence-corrected chi connectivity index (χ1v) is 6.64. The number of fused-ring (bicyclic) bond motifs is 1. The summed E-state index contributed by atoms with van der Waals surface area (Å²) in [7, 11) is 0. The van der Waals surface area contributed by atoms with Crippen LogP contribution in [0.1, 0.15) is 42.9 Å². The van der Waals surface area contributed by atoms with Crippen molar-refractivity contribution in [3.63, 3.8) is 0 Å². The summed E-state index contributed by atoms with van der Waals surface area (Å²) in [4.78, 5) is 0. The van der Waals surface area contributed by atoms with Gasteiger partial charge in [-0.25, -0.2) is 0 Å². The molecule has 0 bridgehead atoms. The molecule has 0 amide bonds. The average Bonchev–Trinajstić information content (AvgIpc) is 2.69. The summed E-state index contributed by atoms with van der Waals surface area (Å²) in [6, 6.07) is 6.15. The molecule has 1 aromatic rings. The molecule has 106 valence electrons. The van der Waals surface area contributed by atoms with Crippen molar-refractivity contribution in [3.05, 3.63) is 29.3 Å². The lowest BCUT2D eigenvalue weighted by Crippen LogP contribution is -2.21. The van der Waals surface area contributed by atoms with E-state index in [9.17, 15) is 13.2 Å². The van der Waals surface area contributed by atoms with Crippen LogP contribution in [0.5, 0.6) is 0 Å². The Labute approximate surface area is 111 Å². The number of anilines is 1. The number of rotatable bonds is 5. The predicted octanol–water partition coefficient (Wildman–Crippen LogP) is 3.58. The standard InChI is InChI=1S/C14H19F3N2/c15-14(16,17)7-1-2-8-19-13-6-3-10-9-11(18)4-5-12(10)13/h4-5,9,13,19H,1-3,6-8,18H2. The average molecular weight is 272 g/mol. The van der Waals surface area contributed by atoms with Crippen molar-refractivity contribution < 1.29 is 13.2 Å². The minimum atomic E-state index is -4.03. The van der Waals surface area contributed by atoms with Crippen LogP contribution in [0.3, 0.4) is 0 Å². The van der Waals surface area contributed by atoms with E-state index >= 15 is 0 Å². The largest absolute Gasteiger partial charge is 0.399 e. The van der Waals surface area contributed by atoms with Gasteiger partial charge in [0.15, 0.2) is 0 Å². The Hall–Kier alpha value is -1.23. The fourth-order valence-corrected chi connectivity index (χ4v) is 2.58. The van der Waals surface area contributed by atoms with E-state index in [1.165, 1.54) is 11.1 Å². The summed E-state index contributed by atoms with van der Waals surface area (Å²) in [5.41, 5.74) is 9.00. The molecule has 1 atom stereocenters. The summed E-state index contributed by atoms with van der Waals surface area (Å²) >= 11 is 0. The van der Waals surface area contributed by atoms with Gasteiger partial charge >= 0.3 is 6.18 Å². The van der Waals surface area contributed by atoms with Gasteiger partial charge in [-0.2, -0.15) is 13.2 Å². The molecule has 5 heteroatoms. The maximum atomic E-state index is 12.0. The van der Waals surface area contributed by atoms with Gasteiger partial charge in [-0.1, -0.05) is 6.07 Å². The summed E-state index contributed by atoms with van der Waals surface area (Å²) in [5, 5.41) is 3.34. The molecule has 3 N–H and O–H groups in total. The van der Waals surface area contributed by atoms with Crippen LogP contribution >= 0.6 is 0 Å². The number of nitrogens with two attached hydrogens (primary N) is 1. The first-order valence-electron chi connectivity index (χ1n) is 6.64. The highest BCUT2D eigenvalue weighted by atomic mass is 19.4. The Bertz CT molecular complexity index is 429. The zero-order chi connectivity index (χ0) is 13.9. The van der Waals surface area contributed by atoms with Crippen molar-refractivity contribution in [3.8, 4) is 0 Å². The number of unbranched alkanes of at least 4 members (excludes halogenated alkanes) is 1. The molecule has 0 heterocycles. The SMILES string of the molecule is Nc1ccc2c(c1)CCC2NCCCCC(F)(F)F. The van der Waals surface area contributed by atoms with Crippen molar-refractivity contribution >= 4 is 5.69 Å². The lowest BCUT2D eigenvalue weighted by atomic mass is 10.1. The molecule has 0 aromatic heterocycles. The van der Waals surface area contributed by atoms with Crippen LogP contribution in [0.15, 0.2) is 18.2 Å². The monoisotopic (exact) mass is 272 g/mol. The van der Waals surface area contributed by atoms with Crippen LogP contribution in [-0.4, -0.2) is 12.7 Å². The molecular formula is C14H19F3N2. The zero-order valence-corrected chi connectivity index (χ0v) is 10.8. The van der Waals surface area contributed by atoms with Crippen LogP contribution in [-0.2, 0) is 6.42 Å². The molecular weight excluding hydrogens is 253 g/mol. The van der Waals surface area contributed by atoms with Crippen LogP contribution in [0.2, 0.25) is 0 Å². The summed E-state index contributed by atoms with van der Waals surface area (Å²) in [6.45, 7) is 0.630. The highest BCUT2D eigenvalue weighted by molar-refractivity contribution is 5.47. The van der Waals surface area contributed by atoms with Gasteiger partial charge in [0.2, 0.25) is 0 Å². The maximum Gasteiger partial charge on any atom is 0.389 e. The van der Waals surface area contributed by atoms with E-state index in [1.54, 1.807) is 0 Å². The van der Waals surface area contributed by atoms with E-state index in [1.807, 2.05) is 18.2 Å². The third kappa shape index (κ3) is 4.13. The van der Waals surface area contributed by atoms with Gasteiger partial charge in [-0.15, -0.1) is 0 Å². The molecule has 1 aliphatic rings. The number of nitrogen functional groups attached to an aromatic ring is 1. The number of benzene rings is 1. The van der Waals surface area contributed by atoms with Gasteiger partial charge in [-0.05, 0) is 55.5 Å². The van der Waals surface area contributed by atoms with Gasteiger partial charge in [0.05, 0.1) is 0 Å². The molecule has 1 aliphatic carbocycles. The Kier molecular flexibility index (Phi) is 4.34. The summed E-state index contributed by atoms with van der Waals surface area (Å²) in [6.07, 6.45) is -1.99. The second-order valence-corrected chi connectivity index (χ2v) is 5.08. The van der Waals surface area contributed by atoms with Crippen LogP contribution in [0, 0.1) is 0 Å². The molecule has 0 saturated carbocycles. The van der Waals surface area contributed by atoms with Crippen molar-refractivity contribution in [2.24, 2.45) is 0 Å². The molecule has 2 nitrogen and oxygen atoms in total. The molecule has 1 unspecified atom stereocenters. The van der Waals surface area contributed by atoms with E-state index < -0.39 is 12.6 Å². The zero-order valence-electron chi connectivity index (χ0n) is 10.8. The van der Waals surface area contributed by atoms with Crippen LogP contribution in [0.4, 0.5) is 18.9 Å². The Morgan fingerprint density at radius 1 is 1.26 bits per heavy atom. The van der Waals surface area contributed by atoms with Crippen molar-refractivity contribution in [1.29, 1.82) is 0 Å². The Morgan fingerprint density at radius 2 is 2.05 bits per heavy atom. The van der Waals surface area contributed by atoms with Crippen molar-refractivity contribution in [2.45, 2.75) is 44.3 Å². The molecule has 2 rings (SSSR count). The van der Waals surface area contributed by atoms with Gasteiger partial charge in [-0.3, -0.25) is 0 Å². The number of nitrogens with one attached hydrogen (secondary N) is 1. The molecule has 0 aliphatic heterocycles. The minimum Gasteiger partial charge on any atom is -0.399 e. The second kappa shape index (κ2) is 5.82. The predicted molar refractivity (Wildman–Crippen MR) is 69.8 cm³/mol. The van der Waals surface area contributed by atoms with Gasteiger partial charge in [0, 0.05) is 18.2 Å². The molecule has 1 aromatic carbocycles. The highest BCUT2D eigenvalue weighted by Gasteiger charge is 2.26. The number of alkyl halides is 3. The lowest BCUT2D eigenvalue weighted by Gasteiger charge is -2.14. The number of halogens is 3. The number of hydrogen-bond acceptors (Lipinski definition) is 2. The summed E-state index contributed by atoms with van der Waals surface area (Å²) < 4.78 is 36.0. The maximum absolute atomic E-state index is 12.0. The molecule has 0 spiro atoms. The number of hydrogen-bond donors (Lipinski definition) is 2. The molecule has 0 saturated heterocycles. The van der Waals surface area contributed by atoms with Crippen LogP contribution < -0.4 is 11.1 Å². The van der Waals surface area contributed by atoms with E-state index in [4.69, 9.17) is 5.73 Å². The Morgan fingerprint density at radius 3 is 2.79 bits per heavy atom. The van der Waals surface area contributed by atoms with Crippen molar-refractivity contribution in [1.82, 2.24) is 5.32 Å². The fourth-order valence-electron chi connectivity index (χ4n) is 2.58. The summed E-state index contributed by atoms with van der Waals surface area (Å²) in [5.74, 6) is 0. The quantitative estimate of drug-likeness (QED) is 0.635. The second-order valence-electron chi connectivity index (χ2n) is 5.08. The van der Waals surface area contributed by atoms with Crippen molar-refractivity contribution in [2.75, 3.05) is 12.3 Å². The van der Waals surface area contributed by atoms with Gasteiger partial charge in [0.1, 0.15) is 0 Å². The van der Waals surface area contributed by atoms with E-state index in [0.29, 0.717) is 13.0 Å².